The molecule has 1 amide bonds. The Hall–Kier alpha value is -1.76. The second-order valence-corrected chi connectivity index (χ2v) is 6.01. The molecule has 0 bridgehead atoms. The molecule has 1 aliphatic carbocycles. The number of nitrogens with zero attached hydrogens (tertiary/aromatic N) is 4. The van der Waals surface area contributed by atoms with Crippen LogP contribution in [0.5, 0.6) is 0 Å². The highest BCUT2D eigenvalue weighted by Gasteiger charge is 2.36. The Morgan fingerprint density at radius 2 is 2.30 bits per heavy atom. The summed E-state index contributed by atoms with van der Waals surface area (Å²) in [5.74, 6) is 1.79. The molecule has 0 aromatic carbocycles. The fraction of sp³-hybridized carbons (Fsp3) is 0.538. The smallest absolute Gasteiger partial charge is 0.273 e. The van der Waals surface area contributed by atoms with Crippen LogP contribution >= 0.6 is 11.3 Å². The highest BCUT2D eigenvalue weighted by Crippen LogP contribution is 2.40. The van der Waals surface area contributed by atoms with E-state index in [0.29, 0.717) is 17.4 Å². The molecule has 1 saturated carbocycles. The Morgan fingerprint density at radius 1 is 1.40 bits per heavy atom. The highest BCUT2D eigenvalue weighted by molar-refractivity contribution is 7.07. The molecule has 1 aliphatic heterocycles. The van der Waals surface area contributed by atoms with Gasteiger partial charge in [-0.3, -0.25) is 4.79 Å². The number of likely N-dealkylation sites (tertiary alicyclic amines) is 1. The van der Waals surface area contributed by atoms with Crippen molar-refractivity contribution in [3.8, 4) is 0 Å². The molecule has 2 fully saturated rings. The van der Waals surface area contributed by atoms with E-state index in [1.807, 2.05) is 4.90 Å². The van der Waals surface area contributed by atoms with Crippen molar-refractivity contribution in [1.29, 1.82) is 0 Å². The van der Waals surface area contributed by atoms with Crippen LogP contribution in [0.25, 0.3) is 0 Å². The van der Waals surface area contributed by atoms with Crippen LogP contribution in [0.2, 0.25) is 0 Å². The summed E-state index contributed by atoms with van der Waals surface area (Å²) >= 11 is 1.43. The predicted molar refractivity (Wildman–Crippen MR) is 71.4 cm³/mol. The normalized spacial score (nSPS) is 22.4. The van der Waals surface area contributed by atoms with Gasteiger partial charge in [-0.25, -0.2) is 4.98 Å². The number of hydrogen-bond acceptors (Lipinski definition) is 6. The minimum Gasteiger partial charge on any atom is -0.339 e. The summed E-state index contributed by atoms with van der Waals surface area (Å²) in [4.78, 5) is 22.8. The molecule has 1 unspecified atom stereocenters. The number of amides is 1. The van der Waals surface area contributed by atoms with Crippen molar-refractivity contribution in [2.45, 2.75) is 37.6 Å². The average Bonchev–Trinajstić information content (AvgIpc) is 2.97. The van der Waals surface area contributed by atoms with Gasteiger partial charge in [-0.05, 0) is 25.7 Å². The van der Waals surface area contributed by atoms with Crippen molar-refractivity contribution in [2.24, 2.45) is 0 Å². The number of thiazole rings is 1. The second-order valence-electron chi connectivity index (χ2n) is 5.30. The lowest BCUT2D eigenvalue weighted by Gasteiger charge is -2.21. The van der Waals surface area contributed by atoms with Crippen LogP contribution in [0, 0.1) is 0 Å². The molecule has 20 heavy (non-hydrogen) atoms. The summed E-state index contributed by atoms with van der Waals surface area (Å²) in [5.41, 5.74) is 2.19. The molecule has 2 aromatic heterocycles. The van der Waals surface area contributed by atoms with E-state index >= 15 is 0 Å². The SMILES string of the molecule is O=C(c1cscn1)N1CCCC1c1noc(C2CC2)n1. The minimum atomic E-state index is -0.0690. The molecule has 0 radical (unpaired) electrons. The lowest BCUT2D eigenvalue weighted by Crippen LogP contribution is -2.31. The molecule has 2 aromatic rings. The van der Waals surface area contributed by atoms with Gasteiger partial charge in [-0.15, -0.1) is 11.3 Å². The predicted octanol–water partition coefficient (Wildman–Crippen LogP) is 2.38. The highest BCUT2D eigenvalue weighted by atomic mass is 32.1. The first-order valence-corrected chi connectivity index (χ1v) is 7.80. The van der Waals surface area contributed by atoms with Crippen LogP contribution in [0.4, 0.5) is 0 Å². The summed E-state index contributed by atoms with van der Waals surface area (Å²) in [6.07, 6.45) is 4.12. The molecular formula is C13H14N4O2S. The average molecular weight is 290 g/mol. The lowest BCUT2D eigenvalue weighted by molar-refractivity contribution is 0.0723. The van der Waals surface area contributed by atoms with Crippen LogP contribution in [-0.4, -0.2) is 32.5 Å². The monoisotopic (exact) mass is 290 g/mol. The summed E-state index contributed by atoms with van der Waals surface area (Å²) in [7, 11) is 0. The van der Waals surface area contributed by atoms with Gasteiger partial charge in [0.2, 0.25) is 5.89 Å². The van der Waals surface area contributed by atoms with Crippen LogP contribution in [-0.2, 0) is 0 Å². The van der Waals surface area contributed by atoms with Gasteiger partial charge < -0.3 is 9.42 Å². The Labute approximate surface area is 119 Å². The molecule has 1 atom stereocenters. The maximum Gasteiger partial charge on any atom is 0.273 e. The topological polar surface area (TPSA) is 72.1 Å². The molecule has 104 valence electrons. The lowest BCUT2D eigenvalue weighted by atomic mass is 10.2. The Kier molecular flexibility index (Phi) is 2.80. The molecule has 6 nitrogen and oxygen atoms in total. The zero-order chi connectivity index (χ0) is 13.5. The molecule has 2 aliphatic rings. The second kappa shape index (κ2) is 4.66. The third-order valence-electron chi connectivity index (χ3n) is 3.85. The van der Waals surface area contributed by atoms with E-state index in [1.54, 1.807) is 10.9 Å². The Balaban J connectivity index is 1.58. The van der Waals surface area contributed by atoms with Crippen molar-refractivity contribution >= 4 is 17.2 Å². The first-order valence-electron chi connectivity index (χ1n) is 6.85. The number of rotatable bonds is 3. The molecule has 0 N–H and O–H groups in total. The van der Waals surface area contributed by atoms with E-state index in [0.717, 1.165) is 38.1 Å². The zero-order valence-corrected chi connectivity index (χ0v) is 11.7. The van der Waals surface area contributed by atoms with E-state index in [2.05, 4.69) is 15.1 Å². The van der Waals surface area contributed by atoms with E-state index < -0.39 is 0 Å². The third kappa shape index (κ3) is 2.02. The molecule has 1 saturated heterocycles. The zero-order valence-electron chi connectivity index (χ0n) is 10.9. The maximum absolute atomic E-state index is 12.4. The number of hydrogen-bond donors (Lipinski definition) is 0. The first-order chi connectivity index (χ1) is 9.83. The van der Waals surface area contributed by atoms with Crippen LogP contribution in [0.15, 0.2) is 15.4 Å². The van der Waals surface area contributed by atoms with Crippen LogP contribution in [0.3, 0.4) is 0 Å². The van der Waals surface area contributed by atoms with Crippen molar-refractivity contribution in [3.05, 3.63) is 28.3 Å². The van der Waals surface area contributed by atoms with Gasteiger partial charge >= 0.3 is 0 Å². The fourth-order valence-corrected chi connectivity index (χ4v) is 3.15. The van der Waals surface area contributed by atoms with Crippen molar-refractivity contribution < 1.29 is 9.32 Å². The molecule has 4 rings (SSSR count). The van der Waals surface area contributed by atoms with Crippen LogP contribution < -0.4 is 0 Å². The van der Waals surface area contributed by atoms with E-state index in [1.165, 1.54) is 11.3 Å². The largest absolute Gasteiger partial charge is 0.339 e. The number of carbonyl (C=O) groups excluding carboxylic acids is 1. The van der Waals surface area contributed by atoms with Crippen molar-refractivity contribution in [1.82, 2.24) is 20.0 Å². The minimum absolute atomic E-state index is 0.0356. The third-order valence-corrected chi connectivity index (χ3v) is 4.43. The van der Waals surface area contributed by atoms with Crippen molar-refractivity contribution in [3.63, 3.8) is 0 Å². The maximum atomic E-state index is 12.4. The van der Waals surface area contributed by atoms with Gasteiger partial charge in [0.15, 0.2) is 5.82 Å². The van der Waals surface area contributed by atoms with E-state index in [-0.39, 0.29) is 11.9 Å². The van der Waals surface area contributed by atoms with Gasteiger partial charge in [-0.2, -0.15) is 4.98 Å². The van der Waals surface area contributed by atoms with Crippen molar-refractivity contribution in [2.75, 3.05) is 6.54 Å². The molecule has 7 heteroatoms. The molecular weight excluding hydrogens is 276 g/mol. The van der Waals surface area contributed by atoms with Gasteiger partial charge in [0.25, 0.3) is 5.91 Å². The van der Waals surface area contributed by atoms with Gasteiger partial charge in [-0.1, -0.05) is 5.16 Å². The summed E-state index contributed by atoms with van der Waals surface area (Å²) in [6.45, 7) is 0.730. The summed E-state index contributed by atoms with van der Waals surface area (Å²) in [5, 5.41) is 5.86. The molecule has 0 spiro atoms. The van der Waals surface area contributed by atoms with Gasteiger partial charge in [0.05, 0.1) is 11.6 Å². The summed E-state index contributed by atoms with van der Waals surface area (Å²) in [6, 6.07) is -0.0690. The van der Waals surface area contributed by atoms with E-state index in [9.17, 15) is 4.79 Å². The summed E-state index contributed by atoms with van der Waals surface area (Å²) < 4.78 is 5.31. The first kappa shape index (κ1) is 12.0. The number of carbonyl (C=O) groups is 1. The quantitative estimate of drug-likeness (QED) is 0.867. The Bertz CT molecular complexity index is 620. The van der Waals surface area contributed by atoms with Gasteiger partial charge in [0, 0.05) is 17.8 Å². The van der Waals surface area contributed by atoms with E-state index in [4.69, 9.17) is 4.52 Å². The standard InChI is InChI=1S/C13H14N4O2S/c18-13(9-6-20-7-14-9)17-5-1-2-10(17)11-15-12(19-16-11)8-3-4-8/h6-8,10H,1-5H2. The number of aromatic nitrogens is 3. The molecule has 3 heterocycles. The van der Waals surface area contributed by atoms with Crippen LogP contribution in [0.1, 0.15) is 59.8 Å². The van der Waals surface area contributed by atoms with Gasteiger partial charge in [0.1, 0.15) is 5.69 Å². The fourth-order valence-electron chi connectivity index (χ4n) is 2.62. The Morgan fingerprint density at radius 3 is 3.05 bits per heavy atom.